The Hall–Kier alpha value is -2.62. The van der Waals surface area contributed by atoms with Crippen molar-refractivity contribution in [3.05, 3.63) is 62.5 Å². The van der Waals surface area contributed by atoms with Gasteiger partial charge in [0, 0.05) is 21.5 Å². The number of hydrogen-bond acceptors (Lipinski definition) is 5. The molecule has 2 N–H and O–H groups in total. The van der Waals surface area contributed by atoms with E-state index in [0.29, 0.717) is 21.3 Å². The monoisotopic (exact) mass is 527 g/mol. The third-order valence-electron chi connectivity index (χ3n) is 4.35. The molecule has 11 heteroatoms. The van der Waals surface area contributed by atoms with E-state index in [9.17, 15) is 19.2 Å². The molecule has 0 aromatic heterocycles. The maximum Gasteiger partial charge on any atom is 0.311 e. The summed E-state index contributed by atoms with van der Waals surface area (Å²) in [4.78, 5) is 48.7. The smallest absolute Gasteiger partial charge is 0.311 e. The van der Waals surface area contributed by atoms with Gasteiger partial charge < -0.3 is 10.1 Å². The Bertz CT molecular complexity index is 1030. The number of benzene rings is 2. The summed E-state index contributed by atoms with van der Waals surface area (Å²) in [6.45, 7) is -0.593. The number of esters is 1. The first-order chi connectivity index (χ1) is 14.7. The maximum absolute atomic E-state index is 12.3. The summed E-state index contributed by atoms with van der Waals surface area (Å²) in [5.74, 6) is -3.04. The second-order valence-electron chi connectivity index (χ2n) is 6.63. The minimum absolute atomic E-state index is 0.0584. The topological polar surface area (TPSA) is 105 Å². The van der Waals surface area contributed by atoms with E-state index in [4.69, 9.17) is 27.9 Å². The number of hydrogen-bond donors (Lipinski definition) is 2. The summed E-state index contributed by atoms with van der Waals surface area (Å²) in [5.41, 5.74) is 3.14. The SMILES string of the molecule is O=C(COC(=O)[C@H]1CC(=O)N(NC(=O)c2ccc(Cl)cc2)C1)Nc1ccc(Br)cc1Cl. The van der Waals surface area contributed by atoms with Crippen molar-refractivity contribution >= 4 is 68.5 Å². The minimum Gasteiger partial charge on any atom is -0.455 e. The number of carbonyl (C=O) groups is 4. The molecule has 0 spiro atoms. The normalized spacial score (nSPS) is 15.5. The largest absolute Gasteiger partial charge is 0.455 e. The van der Waals surface area contributed by atoms with E-state index in [1.165, 1.54) is 12.1 Å². The zero-order valence-electron chi connectivity index (χ0n) is 15.9. The first-order valence-corrected chi connectivity index (χ1v) is 10.6. The van der Waals surface area contributed by atoms with Crippen LogP contribution in [0.4, 0.5) is 5.69 Å². The summed E-state index contributed by atoms with van der Waals surface area (Å²) in [7, 11) is 0. The molecule has 3 amide bonds. The van der Waals surface area contributed by atoms with Gasteiger partial charge in [-0.3, -0.25) is 29.6 Å². The van der Waals surface area contributed by atoms with Crippen LogP contribution in [0.3, 0.4) is 0 Å². The minimum atomic E-state index is -0.804. The zero-order chi connectivity index (χ0) is 22.5. The van der Waals surface area contributed by atoms with Gasteiger partial charge in [-0.15, -0.1) is 0 Å². The van der Waals surface area contributed by atoms with Crippen LogP contribution in [-0.4, -0.2) is 41.9 Å². The number of rotatable bonds is 6. The van der Waals surface area contributed by atoms with Crippen molar-refractivity contribution in [3.63, 3.8) is 0 Å². The van der Waals surface area contributed by atoms with Crippen molar-refractivity contribution in [3.8, 4) is 0 Å². The fraction of sp³-hybridized carbons (Fsp3) is 0.200. The molecule has 0 aliphatic carbocycles. The molecule has 8 nitrogen and oxygen atoms in total. The summed E-state index contributed by atoms with van der Waals surface area (Å²) in [6.07, 6.45) is -0.139. The number of amides is 3. The molecule has 0 radical (unpaired) electrons. The van der Waals surface area contributed by atoms with Gasteiger partial charge in [-0.2, -0.15) is 0 Å². The van der Waals surface area contributed by atoms with Crippen LogP contribution in [-0.2, 0) is 19.1 Å². The molecule has 1 heterocycles. The summed E-state index contributed by atoms with van der Waals surface area (Å²) >= 11 is 15.1. The highest BCUT2D eigenvalue weighted by Crippen LogP contribution is 2.25. The average molecular weight is 529 g/mol. The molecule has 1 saturated heterocycles. The molecule has 0 bridgehead atoms. The van der Waals surface area contributed by atoms with Gasteiger partial charge in [0.25, 0.3) is 11.8 Å². The number of halogens is 3. The van der Waals surface area contributed by atoms with Crippen molar-refractivity contribution < 1.29 is 23.9 Å². The van der Waals surface area contributed by atoms with E-state index in [2.05, 4.69) is 26.7 Å². The number of hydrazine groups is 1. The van der Waals surface area contributed by atoms with Crippen molar-refractivity contribution in [1.82, 2.24) is 10.4 Å². The molecule has 1 fully saturated rings. The van der Waals surface area contributed by atoms with Gasteiger partial charge >= 0.3 is 5.97 Å². The second-order valence-corrected chi connectivity index (χ2v) is 8.39. The van der Waals surface area contributed by atoms with Crippen LogP contribution in [0.1, 0.15) is 16.8 Å². The van der Waals surface area contributed by atoms with E-state index in [-0.39, 0.29) is 13.0 Å². The number of anilines is 1. The third kappa shape index (κ3) is 6.19. The molecule has 2 aromatic carbocycles. The fourth-order valence-corrected chi connectivity index (χ4v) is 3.64. The molecule has 31 heavy (non-hydrogen) atoms. The second kappa shape index (κ2) is 10.1. The lowest BCUT2D eigenvalue weighted by molar-refractivity contribution is -0.151. The first-order valence-electron chi connectivity index (χ1n) is 9.01. The Kier molecular flexibility index (Phi) is 7.53. The quantitative estimate of drug-likeness (QED) is 0.559. The Balaban J connectivity index is 1.48. The fourth-order valence-electron chi connectivity index (χ4n) is 2.79. The number of carbonyl (C=O) groups excluding carboxylic acids is 4. The van der Waals surface area contributed by atoms with Crippen LogP contribution < -0.4 is 10.7 Å². The van der Waals surface area contributed by atoms with E-state index in [1.54, 1.807) is 30.3 Å². The van der Waals surface area contributed by atoms with Crippen LogP contribution in [0.2, 0.25) is 10.0 Å². The summed E-state index contributed by atoms with van der Waals surface area (Å²) in [5, 5.41) is 4.39. The van der Waals surface area contributed by atoms with Crippen LogP contribution in [0.25, 0.3) is 0 Å². The highest BCUT2D eigenvalue weighted by molar-refractivity contribution is 9.10. The van der Waals surface area contributed by atoms with Gasteiger partial charge in [-0.05, 0) is 42.5 Å². The predicted octanol–water partition coefficient (Wildman–Crippen LogP) is 3.43. The number of ether oxygens (including phenoxy) is 1. The highest BCUT2D eigenvalue weighted by Gasteiger charge is 2.36. The number of nitrogens with one attached hydrogen (secondary N) is 2. The molecular formula is C20H16BrCl2N3O5. The van der Waals surface area contributed by atoms with Gasteiger partial charge in [0.2, 0.25) is 5.91 Å². The summed E-state index contributed by atoms with van der Waals surface area (Å²) < 4.78 is 5.76. The third-order valence-corrected chi connectivity index (χ3v) is 5.41. The van der Waals surface area contributed by atoms with E-state index in [1.807, 2.05) is 0 Å². The lowest BCUT2D eigenvalue weighted by Crippen LogP contribution is -2.43. The Labute approximate surface area is 195 Å². The van der Waals surface area contributed by atoms with E-state index < -0.39 is 36.2 Å². The van der Waals surface area contributed by atoms with Crippen molar-refractivity contribution in [2.75, 3.05) is 18.5 Å². The highest BCUT2D eigenvalue weighted by atomic mass is 79.9. The Morgan fingerprint density at radius 2 is 1.84 bits per heavy atom. The molecule has 1 aliphatic heterocycles. The molecular weight excluding hydrogens is 513 g/mol. The zero-order valence-corrected chi connectivity index (χ0v) is 19.0. The lowest BCUT2D eigenvalue weighted by atomic mass is 10.1. The van der Waals surface area contributed by atoms with Gasteiger partial charge in [-0.25, -0.2) is 0 Å². The molecule has 1 atom stereocenters. The molecule has 162 valence electrons. The van der Waals surface area contributed by atoms with Crippen LogP contribution in [0, 0.1) is 5.92 Å². The average Bonchev–Trinajstić information content (AvgIpc) is 3.09. The van der Waals surface area contributed by atoms with Gasteiger partial charge in [0.05, 0.1) is 23.2 Å². The summed E-state index contributed by atoms with van der Waals surface area (Å²) in [6, 6.07) is 11.0. The maximum atomic E-state index is 12.3. The van der Waals surface area contributed by atoms with Crippen molar-refractivity contribution in [2.45, 2.75) is 6.42 Å². The van der Waals surface area contributed by atoms with Crippen molar-refractivity contribution in [2.24, 2.45) is 5.92 Å². The van der Waals surface area contributed by atoms with Crippen LogP contribution >= 0.6 is 39.1 Å². The molecule has 3 rings (SSSR count). The molecule has 1 aliphatic rings. The van der Waals surface area contributed by atoms with Crippen LogP contribution in [0.5, 0.6) is 0 Å². The molecule has 0 unspecified atom stereocenters. The van der Waals surface area contributed by atoms with Gasteiger partial charge in [0.15, 0.2) is 6.61 Å². The Morgan fingerprint density at radius 1 is 1.13 bits per heavy atom. The van der Waals surface area contributed by atoms with E-state index in [0.717, 1.165) is 9.48 Å². The van der Waals surface area contributed by atoms with Crippen molar-refractivity contribution in [1.29, 1.82) is 0 Å². The van der Waals surface area contributed by atoms with E-state index >= 15 is 0 Å². The molecule has 2 aromatic rings. The van der Waals surface area contributed by atoms with Gasteiger partial charge in [-0.1, -0.05) is 39.1 Å². The molecule has 0 saturated carbocycles. The van der Waals surface area contributed by atoms with Gasteiger partial charge in [0.1, 0.15) is 0 Å². The number of nitrogens with zero attached hydrogens (tertiary/aromatic N) is 1. The Morgan fingerprint density at radius 3 is 2.52 bits per heavy atom. The predicted molar refractivity (Wildman–Crippen MR) is 117 cm³/mol. The van der Waals surface area contributed by atoms with Crippen LogP contribution in [0.15, 0.2) is 46.9 Å². The lowest BCUT2D eigenvalue weighted by Gasteiger charge is -2.17. The standard InChI is InChI=1S/C20H16BrCl2N3O5/c21-13-3-6-16(15(23)8-13)24-17(27)10-31-20(30)12-7-18(28)26(9-12)25-19(29)11-1-4-14(22)5-2-11/h1-6,8,12H,7,9-10H2,(H,24,27)(H,25,29)/t12-/m0/s1. The first kappa shape index (κ1) is 23.1.